The van der Waals surface area contributed by atoms with Crippen LogP contribution in [0.4, 0.5) is 23.2 Å². The molecule has 0 saturated carbocycles. The molecule has 22 heavy (non-hydrogen) atoms. The molecule has 1 aromatic rings. The van der Waals surface area contributed by atoms with Crippen molar-refractivity contribution in [3.05, 3.63) is 39.8 Å². The van der Waals surface area contributed by atoms with Gasteiger partial charge in [-0.05, 0) is 44.8 Å². The van der Waals surface area contributed by atoms with Crippen molar-refractivity contribution in [1.82, 2.24) is 0 Å². The summed E-state index contributed by atoms with van der Waals surface area (Å²) in [5, 5.41) is 0. The van der Waals surface area contributed by atoms with Crippen LogP contribution in [0.2, 0.25) is 0 Å². The Morgan fingerprint density at radius 3 is 2.73 bits per heavy atom. The van der Waals surface area contributed by atoms with Crippen LogP contribution in [0.3, 0.4) is 0 Å². The van der Waals surface area contributed by atoms with Crippen molar-refractivity contribution in [2.75, 3.05) is 11.6 Å². The van der Waals surface area contributed by atoms with Crippen LogP contribution < -0.4 is 4.90 Å². The zero-order valence-electron chi connectivity index (χ0n) is 10.6. The molecule has 0 N–H and O–H groups in total. The lowest BCUT2D eigenvalue weighted by Crippen LogP contribution is -2.24. The van der Waals surface area contributed by atoms with Gasteiger partial charge in [-0.1, -0.05) is 17.7 Å². The molecular formula is C12H8BrClF4N2OS. The van der Waals surface area contributed by atoms with E-state index in [0.717, 1.165) is 12.1 Å². The van der Waals surface area contributed by atoms with E-state index in [0.29, 0.717) is 3.81 Å². The molecule has 1 aromatic carbocycles. The predicted octanol–water partition coefficient (Wildman–Crippen LogP) is 4.54. The minimum absolute atomic E-state index is 0.199. The quantitative estimate of drug-likeness (QED) is 0.400. The normalized spacial score (nSPS) is 22.1. The van der Waals surface area contributed by atoms with Crippen molar-refractivity contribution in [3.63, 3.8) is 0 Å². The van der Waals surface area contributed by atoms with Crippen molar-refractivity contribution in [3.8, 4) is 0 Å². The fraction of sp³-hybridized carbons (Fsp3) is 0.250. The molecule has 0 bridgehead atoms. The first-order valence-electron chi connectivity index (χ1n) is 5.75. The number of anilines is 1. The molecule has 0 aliphatic carbocycles. The largest absolute Gasteiger partial charge is 0.416 e. The van der Waals surface area contributed by atoms with Crippen molar-refractivity contribution in [1.29, 1.82) is 0 Å². The second-order valence-electron chi connectivity index (χ2n) is 4.11. The molecule has 0 fully saturated rings. The van der Waals surface area contributed by atoms with E-state index in [4.69, 9.17) is 11.6 Å². The molecule has 1 aliphatic rings. The van der Waals surface area contributed by atoms with Gasteiger partial charge in [-0.3, -0.25) is 4.79 Å². The molecule has 2 unspecified atom stereocenters. The summed E-state index contributed by atoms with van der Waals surface area (Å²) < 4.78 is 54.5. The average Bonchev–Trinajstić information content (AvgIpc) is 2.74. The average molecular weight is 420 g/mol. The Labute approximate surface area is 139 Å². The van der Waals surface area contributed by atoms with Gasteiger partial charge in [0.15, 0.2) is 11.5 Å². The highest BCUT2D eigenvalue weighted by Crippen LogP contribution is 2.37. The Hall–Kier alpha value is -0.930. The van der Waals surface area contributed by atoms with Gasteiger partial charge in [-0.25, -0.2) is 4.39 Å². The van der Waals surface area contributed by atoms with Gasteiger partial charge in [-0.2, -0.15) is 17.5 Å². The molecule has 0 spiro atoms. The molecule has 10 heteroatoms. The van der Waals surface area contributed by atoms with E-state index in [1.54, 1.807) is 0 Å². The van der Waals surface area contributed by atoms with Crippen molar-refractivity contribution in [2.45, 2.75) is 11.0 Å². The van der Waals surface area contributed by atoms with Gasteiger partial charge in [0.05, 0.1) is 9.38 Å². The Balaban J connectivity index is 2.36. The number of hydrogen-bond donors (Lipinski definition) is 0. The summed E-state index contributed by atoms with van der Waals surface area (Å²) in [6.45, 7) is -1.25. The van der Waals surface area contributed by atoms with Gasteiger partial charge in [0.25, 0.3) is 5.91 Å². The SMILES string of the molecule is O=C(CF)N=S1C(Br)=CN(c2cccc(C(F)(F)F)c2)C1Cl. The van der Waals surface area contributed by atoms with Crippen molar-refractivity contribution >= 4 is 49.8 Å². The number of nitrogens with zero attached hydrogens (tertiary/aromatic N) is 2. The molecule has 1 amide bonds. The summed E-state index contributed by atoms with van der Waals surface area (Å²) in [7, 11) is -1.18. The zero-order chi connectivity index (χ0) is 16.5. The molecule has 1 aliphatic heterocycles. The van der Waals surface area contributed by atoms with E-state index in [1.807, 2.05) is 0 Å². The lowest BCUT2D eigenvalue weighted by molar-refractivity contribution is -0.137. The first kappa shape index (κ1) is 17.4. The van der Waals surface area contributed by atoms with E-state index >= 15 is 0 Å². The molecule has 3 nitrogen and oxygen atoms in total. The summed E-state index contributed by atoms with van der Waals surface area (Å²) in [5.41, 5.74) is -0.619. The summed E-state index contributed by atoms with van der Waals surface area (Å²) in [4.78, 5) is 11.5. The first-order valence-corrected chi connectivity index (χ1v) is 8.22. The summed E-state index contributed by atoms with van der Waals surface area (Å²) >= 11 is 9.30. The van der Waals surface area contributed by atoms with Crippen LogP contribution in [-0.2, 0) is 21.7 Å². The number of halogens is 6. The summed E-state index contributed by atoms with van der Waals surface area (Å²) in [6, 6.07) is 4.59. The van der Waals surface area contributed by atoms with Crippen LogP contribution in [-0.4, -0.2) is 17.4 Å². The number of amides is 1. The Kier molecular flexibility index (Phi) is 5.29. The number of carbonyl (C=O) groups excluding carboxylic acids is 1. The van der Waals surface area contributed by atoms with Crippen LogP contribution in [0.25, 0.3) is 0 Å². The number of alkyl halides is 5. The highest BCUT2D eigenvalue weighted by molar-refractivity contribution is 9.13. The van der Waals surface area contributed by atoms with E-state index in [-0.39, 0.29) is 5.69 Å². The maximum atomic E-state index is 12.7. The highest BCUT2D eigenvalue weighted by atomic mass is 79.9. The minimum Gasteiger partial charge on any atom is -0.320 e. The maximum absolute atomic E-state index is 12.7. The van der Waals surface area contributed by atoms with Crippen molar-refractivity contribution < 1.29 is 22.4 Å². The van der Waals surface area contributed by atoms with Crippen LogP contribution in [0.1, 0.15) is 5.56 Å². The molecule has 2 atom stereocenters. The van der Waals surface area contributed by atoms with Gasteiger partial charge in [-0.15, -0.1) is 0 Å². The Morgan fingerprint density at radius 1 is 1.45 bits per heavy atom. The number of benzene rings is 1. The predicted molar refractivity (Wildman–Crippen MR) is 81.3 cm³/mol. The van der Waals surface area contributed by atoms with Gasteiger partial charge in [0.2, 0.25) is 0 Å². The third-order valence-electron chi connectivity index (χ3n) is 2.63. The van der Waals surface area contributed by atoms with Gasteiger partial charge >= 0.3 is 6.18 Å². The number of hydrogen-bond acceptors (Lipinski definition) is 2. The number of carbonyl (C=O) groups is 1. The fourth-order valence-electron chi connectivity index (χ4n) is 1.68. The fourth-order valence-corrected chi connectivity index (χ4v) is 4.79. The lowest BCUT2D eigenvalue weighted by Gasteiger charge is -2.21. The van der Waals surface area contributed by atoms with Crippen LogP contribution in [0, 0.1) is 0 Å². The molecule has 0 radical (unpaired) electrons. The van der Waals surface area contributed by atoms with Crippen molar-refractivity contribution in [2.24, 2.45) is 4.36 Å². The van der Waals surface area contributed by atoms with E-state index < -0.39 is 39.8 Å². The molecule has 2 rings (SSSR count). The van der Waals surface area contributed by atoms with Crippen LogP contribution in [0.15, 0.2) is 38.6 Å². The third-order valence-corrected chi connectivity index (χ3v) is 6.05. The highest BCUT2D eigenvalue weighted by Gasteiger charge is 2.33. The zero-order valence-corrected chi connectivity index (χ0v) is 13.8. The smallest absolute Gasteiger partial charge is 0.320 e. The Morgan fingerprint density at radius 2 is 2.14 bits per heavy atom. The van der Waals surface area contributed by atoms with E-state index in [9.17, 15) is 22.4 Å². The molecule has 0 saturated heterocycles. The van der Waals surface area contributed by atoms with E-state index in [1.165, 1.54) is 23.2 Å². The summed E-state index contributed by atoms with van der Waals surface area (Å²) in [6.07, 6.45) is -3.04. The monoisotopic (exact) mass is 418 g/mol. The first-order chi connectivity index (χ1) is 10.2. The summed E-state index contributed by atoms with van der Waals surface area (Å²) in [5.74, 6) is -0.967. The maximum Gasteiger partial charge on any atom is 0.416 e. The lowest BCUT2D eigenvalue weighted by atomic mass is 10.2. The van der Waals surface area contributed by atoms with E-state index in [2.05, 4.69) is 20.3 Å². The van der Waals surface area contributed by atoms with Gasteiger partial charge in [0, 0.05) is 11.9 Å². The third kappa shape index (κ3) is 3.69. The Bertz CT molecular complexity index is 665. The van der Waals surface area contributed by atoms with Crippen LogP contribution in [0.5, 0.6) is 0 Å². The number of rotatable bonds is 2. The standard InChI is InChI=1S/C12H8BrClF4N2OS/c13-9-6-20(11(14)22(9)19-10(21)5-15)8-3-1-2-7(4-8)12(16,17)18/h1-4,6,11H,5H2. The minimum atomic E-state index is -4.48. The second-order valence-corrected chi connectivity index (χ2v) is 7.86. The molecule has 0 aromatic heterocycles. The molecule has 120 valence electrons. The second kappa shape index (κ2) is 6.67. The van der Waals surface area contributed by atoms with Gasteiger partial charge < -0.3 is 4.90 Å². The van der Waals surface area contributed by atoms with Gasteiger partial charge in [0.1, 0.15) is 0 Å². The topological polar surface area (TPSA) is 32.7 Å². The molecule has 1 heterocycles. The van der Waals surface area contributed by atoms with Crippen LogP contribution >= 0.6 is 27.5 Å². The molecular weight excluding hydrogens is 412 g/mol.